The molecule has 0 saturated heterocycles. The maximum Gasteiger partial charge on any atom is 0.335 e. The molecule has 13 nitrogen and oxygen atoms in total. The second kappa shape index (κ2) is 11.2. The zero-order valence-electron chi connectivity index (χ0n) is 23.7. The van der Waals surface area contributed by atoms with E-state index in [4.69, 9.17) is 10.5 Å². The monoisotopic (exact) mass is 596 g/mol. The van der Waals surface area contributed by atoms with Crippen LogP contribution in [0.1, 0.15) is 72.5 Å². The zero-order chi connectivity index (χ0) is 31.1. The molecule has 1 atom stereocenters. The Kier molecular flexibility index (Phi) is 7.29. The van der Waals surface area contributed by atoms with E-state index in [2.05, 4.69) is 20.6 Å². The highest BCUT2D eigenvalue weighted by atomic mass is 16.5. The Morgan fingerprint density at radius 1 is 1.07 bits per heavy atom. The van der Waals surface area contributed by atoms with Gasteiger partial charge in [-0.1, -0.05) is 12.1 Å². The lowest BCUT2D eigenvalue weighted by Crippen LogP contribution is -2.41. The third-order valence-corrected chi connectivity index (χ3v) is 8.10. The van der Waals surface area contributed by atoms with Gasteiger partial charge in [0.2, 0.25) is 0 Å². The standard InChI is InChI=1S/C31H28N6O7/c1-15-17-6-7-20(19(17)5-4-18(15)31(42)43)36-30(41)22-12-21(34-14-35-22)29(40)33-13-16-3-8-24-23(11-16)37(9-2-10-44-24)26-25(32)27(38)28(26)39/h3-5,8,11-12,14,20H,2,6-7,9-10,13,32H2,1H3,(H,33,40)(H,36,41)(H,42,43)/t20-/m0/s1. The lowest BCUT2D eigenvalue weighted by Gasteiger charge is -2.26. The van der Waals surface area contributed by atoms with E-state index in [1.807, 2.05) is 0 Å². The maximum atomic E-state index is 13.1. The fourth-order valence-electron chi connectivity index (χ4n) is 5.80. The summed E-state index contributed by atoms with van der Waals surface area (Å²) in [7, 11) is 0. The van der Waals surface area contributed by atoms with Gasteiger partial charge >= 0.3 is 5.97 Å². The Hall–Kier alpha value is -5.59. The minimum Gasteiger partial charge on any atom is -0.491 e. The van der Waals surface area contributed by atoms with Gasteiger partial charge in [-0.05, 0) is 66.6 Å². The average molecular weight is 597 g/mol. The van der Waals surface area contributed by atoms with Crippen molar-refractivity contribution in [2.45, 2.75) is 38.8 Å². The predicted octanol–water partition coefficient (Wildman–Crippen LogP) is 1.93. The molecule has 224 valence electrons. The number of benzene rings is 2. The summed E-state index contributed by atoms with van der Waals surface area (Å²) in [6.07, 6.45) is 3.00. The Balaban J connectivity index is 1.14. The number of rotatable bonds is 7. The number of nitrogens with one attached hydrogen (secondary N) is 2. The summed E-state index contributed by atoms with van der Waals surface area (Å²) in [5, 5.41) is 15.1. The summed E-state index contributed by atoms with van der Waals surface area (Å²) in [6.45, 7) is 2.72. The largest absolute Gasteiger partial charge is 0.491 e. The number of carboxylic acid groups (broad SMARTS) is 1. The second-order valence-corrected chi connectivity index (χ2v) is 10.7. The molecule has 0 saturated carbocycles. The number of aromatic nitrogens is 2. The lowest BCUT2D eigenvalue weighted by molar-refractivity contribution is 0.0695. The molecule has 2 heterocycles. The molecular formula is C31H28N6O7. The number of nitrogens with two attached hydrogens (primary N) is 1. The molecule has 0 radical (unpaired) electrons. The summed E-state index contributed by atoms with van der Waals surface area (Å²) in [6, 6.07) is 9.53. The topological polar surface area (TPSA) is 194 Å². The number of amides is 2. The van der Waals surface area contributed by atoms with Crippen LogP contribution in [0.4, 0.5) is 17.1 Å². The van der Waals surface area contributed by atoms with Crippen molar-refractivity contribution in [1.82, 2.24) is 20.6 Å². The van der Waals surface area contributed by atoms with E-state index in [0.717, 1.165) is 17.5 Å². The van der Waals surface area contributed by atoms with Crippen molar-refractivity contribution in [2.24, 2.45) is 0 Å². The number of ether oxygens (including phenoxy) is 1. The van der Waals surface area contributed by atoms with Crippen LogP contribution in [0.3, 0.4) is 0 Å². The molecule has 13 heteroatoms. The van der Waals surface area contributed by atoms with E-state index in [9.17, 15) is 29.1 Å². The molecule has 1 aromatic heterocycles. The minimum atomic E-state index is -0.992. The summed E-state index contributed by atoms with van der Waals surface area (Å²) in [5.41, 5.74) is 8.53. The molecule has 3 aromatic carbocycles. The van der Waals surface area contributed by atoms with Crippen LogP contribution in [0.25, 0.3) is 0 Å². The van der Waals surface area contributed by atoms with Crippen molar-refractivity contribution in [3.63, 3.8) is 0 Å². The van der Waals surface area contributed by atoms with Crippen molar-refractivity contribution < 1.29 is 24.2 Å². The van der Waals surface area contributed by atoms with E-state index >= 15 is 0 Å². The lowest BCUT2D eigenvalue weighted by atomic mass is 9.98. The molecule has 0 fully saturated rings. The summed E-state index contributed by atoms with van der Waals surface area (Å²) in [4.78, 5) is 71.3. The molecule has 1 aliphatic carbocycles. The maximum absolute atomic E-state index is 13.1. The van der Waals surface area contributed by atoms with Gasteiger partial charge in [-0.3, -0.25) is 19.2 Å². The molecule has 0 unspecified atom stereocenters. The third-order valence-electron chi connectivity index (χ3n) is 8.10. The quantitative estimate of drug-likeness (QED) is 0.228. The summed E-state index contributed by atoms with van der Waals surface area (Å²) >= 11 is 0. The van der Waals surface area contributed by atoms with Gasteiger partial charge in [-0.25, -0.2) is 14.8 Å². The fraction of sp³-hybridized carbons (Fsp3) is 0.258. The predicted molar refractivity (Wildman–Crippen MR) is 159 cm³/mol. The Morgan fingerprint density at radius 2 is 1.84 bits per heavy atom. The number of aromatic carboxylic acids is 1. The number of nitrogen functional groups attached to an aromatic ring is 1. The van der Waals surface area contributed by atoms with Gasteiger partial charge in [0.1, 0.15) is 34.8 Å². The fourth-order valence-corrected chi connectivity index (χ4v) is 5.80. The van der Waals surface area contributed by atoms with Crippen molar-refractivity contribution in [3.05, 3.63) is 102 Å². The smallest absolute Gasteiger partial charge is 0.335 e. The van der Waals surface area contributed by atoms with E-state index in [-0.39, 0.29) is 40.9 Å². The molecule has 0 spiro atoms. The van der Waals surface area contributed by atoms with Crippen LogP contribution in [0.5, 0.6) is 5.75 Å². The molecule has 5 N–H and O–H groups in total. The SMILES string of the molecule is Cc1c(C(=O)O)ccc2c1CC[C@@H]2NC(=O)c1cc(C(=O)NCc2ccc3c(c2)N(c2c(N)c(=O)c2=O)CCCO3)ncn1. The normalized spacial score (nSPS) is 15.6. The van der Waals surface area contributed by atoms with Crippen LogP contribution in [0.2, 0.25) is 0 Å². The number of carbonyl (C=O) groups excluding carboxylic acids is 2. The number of hydrogen-bond donors (Lipinski definition) is 4. The van der Waals surface area contributed by atoms with E-state index in [1.54, 1.807) is 42.2 Å². The van der Waals surface area contributed by atoms with Crippen LogP contribution >= 0.6 is 0 Å². The number of hydrogen-bond acceptors (Lipinski definition) is 10. The van der Waals surface area contributed by atoms with Crippen LogP contribution in [0, 0.1) is 6.92 Å². The highest BCUT2D eigenvalue weighted by molar-refractivity contribution is 5.97. The second-order valence-electron chi connectivity index (χ2n) is 10.7. The highest BCUT2D eigenvalue weighted by Gasteiger charge is 2.29. The Bertz CT molecular complexity index is 1910. The van der Waals surface area contributed by atoms with E-state index in [0.29, 0.717) is 55.0 Å². The van der Waals surface area contributed by atoms with Gasteiger partial charge in [0.15, 0.2) is 0 Å². The van der Waals surface area contributed by atoms with Gasteiger partial charge in [0.25, 0.3) is 22.7 Å². The molecular weight excluding hydrogens is 568 g/mol. The molecule has 1 aliphatic heterocycles. The first-order valence-electron chi connectivity index (χ1n) is 14.0. The average Bonchev–Trinajstić information content (AvgIpc) is 3.33. The summed E-state index contributed by atoms with van der Waals surface area (Å²) in [5.74, 6) is -1.48. The van der Waals surface area contributed by atoms with Gasteiger partial charge in [0.05, 0.1) is 23.9 Å². The number of anilines is 3. The molecule has 6 rings (SSSR count). The minimum absolute atomic E-state index is 0.00450. The van der Waals surface area contributed by atoms with Gasteiger partial charge in [-0.2, -0.15) is 0 Å². The van der Waals surface area contributed by atoms with Gasteiger partial charge < -0.3 is 31.1 Å². The van der Waals surface area contributed by atoms with Crippen molar-refractivity contribution >= 4 is 34.8 Å². The Labute approximate surface area is 250 Å². The molecule has 2 aliphatic rings. The van der Waals surface area contributed by atoms with Gasteiger partial charge in [-0.15, -0.1) is 0 Å². The first kappa shape index (κ1) is 28.5. The molecule has 2 amide bonds. The number of nitrogens with zero attached hydrogens (tertiary/aromatic N) is 3. The first-order chi connectivity index (χ1) is 21.1. The van der Waals surface area contributed by atoms with Crippen LogP contribution in [-0.2, 0) is 13.0 Å². The molecule has 4 aromatic rings. The third kappa shape index (κ3) is 5.02. The summed E-state index contributed by atoms with van der Waals surface area (Å²) < 4.78 is 5.80. The van der Waals surface area contributed by atoms with Crippen LogP contribution in [-0.4, -0.2) is 46.0 Å². The van der Waals surface area contributed by atoms with Crippen LogP contribution < -0.4 is 36.9 Å². The number of carbonyl (C=O) groups is 3. The van der Waals surface area contributed by atoms with Crippen molar-refractivity contribution in [3.8, 4) is 5.75 Å². The van der Waals surface area contributed by atoms with Crippen molar-refractivity contribution in [1.29, 1.82) is 0 Å². The Morgan fingerprint density at radius 3 is 2.59 bits per heavy atom. The van der Waals surface area contributed by atoms with E-state index in [1.165, 1.54) is 6.07 Å². The molecule has 0 bridgehead atoms. The zero-order valence-corrected chi connectivity index (χ0v) is 23.7. The first-order valence-corrected chi connectivity index (χ1v) is 14.0. The number of fused-ring (bicyclic) bond motifs is 2. The molecule has 44 heavy (non-hydrogen) atoms. The van der Waals surface area contributed by atoms with Crippen molar-refractivity contribution in [2.75, 3.05) is 23.8 Å². The highest BCUT2D eigenvalue weighted by Crippen LogP contribution is 2.38. The number of carboxylic acids is 1. The van der Waals surface area contributed by atoms with Gasteiger partial charge in [0, 0.05) is 19.2 Å². The van der Waals surface area contributed by atoms with Crippen LogP contribution in [0.15, 0.2) is 52.3 Å². The van der Waals surface area contributed by atoms with E-state index < -0.39 is 28.6 Å².